The average Bonchev–Trinajstić information content (AvgIpc) is 2.30. The van der Waals surface area contributed by atoms with Crippen LogP contribution in [0.25, 0.3) is 0 Å². The minimum absolute atomic E-state index is 0.280. The Morgan fingerprint density at radius 2 is 2.50 bits per heavy atom. The van der Waals surface area contributed by atoms with Gasteiger partial charge in [0.25, 0.3) is 0 Å². The first-order valence-corrected chi connectivity index (χ1v) is 5.00. The normalized spacial score (nSPS) is 11.5. The van der Waals surface area contributed by atoms with Gasteiger partial charge in [0.2, 0.25) is 0 Å². The number of nitrogens with zero attached hydrogens (tertiary/aromatic N) is 2. The number of anilines is 1. The van der Waals surface area contributed by atoms with Gasteiger partial charge < -0.3 is 10.4 Å². The van der Waals surface area contributed by atoms with Gasteiger partial charge in [-0.15, -0.1) is 0 Å². The Balaban J connectivity index is 2.67. The van der Waals surface area contributed by atoms with Gasteiger partial charge in [0.15, 0.2) is 5.69 Å². The number of aliphatic carboxylic acids is 1. The Labute approximate surface area is 93.7 Å². The molecular weight excluding hydrogens is 206 g/mol. The third kappa shape index (κ3) is 2.95. The Kier molecular flexibility index (Phi) is 4.28. The van der Waals surface area contributed by atoms with E-state index in [1.807, 2.05) is 13.0 Å². The summed E-state index contributed by atoms with van der Waals surface area (Å²) in [5.74, 6) is -1.29. The molecule has 5 heteroatoms. The molecule has 1 aromatic heterocycles. The summed E-state index contributed by atoms with van der Waals surface area (Å²) in [5, 5.41) is 20.6. The summed E-state index contributed by atoms with van der Waals surface area (Å²) in [5.41, 5.74) is 0.854. The van der Waals surface area contributed by atoms with Crippen LogP contribution in [-0.4, -0.2) is 22.6 Å². The summed E-state index contributed by atoms with van der Waals surface area (Å²) in [6.07, 6.45) is 2.07. The van der Waals surface area contributed by atoms with E-state index in [4.69, 9.17) is 10.4 Å². The van der Waals surface area contributed by atoms with Crippen LogP contribution < -0.4 is 5.32 Å². The van der Waals surface area contributed by atoms with Crippen LogP contribution in [0.5, 0.6) is 0 Å². The van der Waals surface area contributed by atoms with Crippen molar-refractivity contribution in [2.45, 2.75) is 13.3 Å². The fourth-order valence-electron chi connectivity index (χ4n) is 1.28. The lowest BCUT2D eigenvalue weighted by atomic mass is 10.1. The molecule has 1 heterocycles. The first kappa shape index (κ1) is 12.0. The molecule has 0 spiro atoms. The lowest BCUT2D eigenvalue weighted by molar-refractivity contribution is -0.141. The summed E-state index contributed by atoms with van der Waals surface area (Å²) in [6.45, 7) is 2.11. The van der Waals surface area contributed by atoms with Crippen LogP contribution >= 0.6 is 0 Å². The Morgan fingerprint density at radius 1 is 1.75 bits per heavy atom. The number of hydrogen-bond acceptors (Lipinski definition) is 4. The summed E-state index contributed by atoms with van der Waals surface area (Å²) in [7, 11) is 0. The van der Waals surface area contributed by atoms with Crippen molar-refractivity contribution in [1.82, 2.24) is 4.98 Å². The average molecular weight is 219 g/mol. The van der Waals surface area contributed by atoms with Gasteiger partial charge in [-0.3, -0.25) is 4.79 Å². The van der Waals surface area contributed by atoms with Crippen molar-refractivity contribution < 1.29 is 9.90 Å². The van der Waals surface area contributed by atoms with Gasteiger partial charge in [0.05, 0.1) is 11.6 Å². The number of carboxylic acids is 1. The minimum atomic E-state index is -0.836. The summed E-state index contributed by atoms with van der Waals surface area (Å²) >= 11 is 0. The van der Waals surface area contributed by atoms with Crippen LogP contribution in [0.15, 0.2) is 18.3 Å². The van der Waals surface area contributed by atoms with Crippen molar-refractivity contribution in [3.05, 3.63) is 24.0 Å². The SMILES string of the molecule is CCC(CNc1cccnc1C#N)C(=O)O. The van der Waals surface area contributed by atoms with Crippen LogP contribution in [0.3, 0.4) is 0 Å². The van der Waals surface area contributed by atoms with Crippen molar-refractivity contribution in [2.75, 3.05) is 11.9 Å². The topological polar surface area (TPSA) is 86.0 Å². The van der Waals surface area contributed by atoms with Crippen LogP contribution in [0.2, 0.25) is 0 Å². The highest BCUT2D eigenvalue weighted by Crippen LogP contribution is 2.12. The molecule has 0 saturated heterocycles. The molecule has 16 heavy (non-hydrogen) atoms. The van der Waals surface area contributed by atoms with E-state index in [9.17, 15) is 4.79 Å². The molecular formula is C11H13N3O2. The molecule has 1 atom stereocenters. The molecule has 0 aliphatic heterocycles. The van der Waals surface area contributed by atoms with Gasteiger partial charge >= 0.3 is 5.97 Å². The third-order valence-electron chi connectivity index (χ3n) is 2.29. The van der Waals surface area contributed by atoms with E-state index in [2.05, 4.69) is 10.3 Å². The van der Waals surface area contributed by atoms with Gasteiger partial charge in [0, 0.05) is 12.7 Å². The predicted molar refractivity (Wildman–Crippen MR) is 58.9 cm³/mol. The van der Waals surface area contributed by atoms with Crippen LogP contribution in [0.4, 0.5) is 5.69 Å². The molecule has 1 unspecified atom stereocenters. The van der Waals surface area contributed by atoms with E-state index in [1.54, 1.807) is 12.1 Å². The van der Waals surface area contributed by atoms with Gasteiger partial charge in [-0.05, 0) is 18.6 Å². The molecule has 0 saturated carbocycles. The largest absolute Gasteiger partial charge is 0.481 e. The molecule has 0 aliphatic carbocycles. The number of nitriles is 1. The molecule has 5 nitrogen and oxygen atoms in total. The zero-order valence-electron chi connectivity index (χ0n) is 8.97. The standard InChI is InChI=1S/C11H13N3O2/c1-2-8(11(15)16)7-14-9-4-3-5-13-10(9)6-12/h3-5,8,14H,2,7H2,1H3,(H,15,16). The monoisotopic (exact) mass is 219 g/mol. The maximum absolute atomic E-state index is 10.8. The maximum Gasteiger partial charge on any atom is 0.308 e. The van der Waals surface area contributed by atoms with Gasteiger partial charge in [-0.1, -0.05) is 6.92 Å². The zero-order chi connectivity index (χ0) is 12.0. The van der Waals surface area contributed by atoms with E-state index in [0.717, 1.165) is 0 Å². The maximum atomic E-state index is 10.8. The van der Waals surface area contributed by atoms with Crippen LogP contribution in [0.1, 0.15) is 19.0 Å². The molecule has 1 aromatic rings. The molecule has 0 aromatic carbocycles. The lowest BCUT2D eigenvalue weighted by Crippen LogP contribution is -2.22. The molecule has 0 amide bonds. The molecule has 84 valence electrons. The van der Waals surface area contributed by atoms with Crippen molar-refractivity contribution in [3.8, 4) is 6.07 Å². The Bertz CT molecular complexity index is 412. The second-order valence-corrected chi connectivity index (χ2v) is 3.34. The van der Waals surface area contributed by atoms with Crippen LogP contribution in [0, 0.1) is 17.2 Å². The van der Waals surface area contributed by atoms with Crippen LogP contribution in [-0.2, 0) is 4.79 Å². The number of aromatic nitrogens is 1. The second kappa shape index (κ2) is 5.71. The number of rotatable bonds is 5. The molecule has 0 fully saturated rings. The van der Waals surface area contributed by atoms with E-state index < -0.39 is 11.9 Å². The number of carboxylic acid groups (broad SMARTS) is 1. The molecule has 0 radical (unpaired) electrons. The first-order chi connectivity index (χ1) is 7.69. The van der Waals surface area contributed by atoms with Crippen molar-refractivity contribution >= 4 is 11.7 Å². The molecule has 1 rings (SSSR count). The number of nitrogens with one attached hydrogen (secondary N) is 1. The fourth-order valence-corrected chi connectivity index (χ4v) is 1.28. The van der Waals surface area contributed by atoms with Crippen molar-refractivity contribution in [1.29, 1.82) is 5.26 Å². The highest BCUT2D eigenvalue weighted by molar-refractivity contribution is 5.71. The van der Waals surface area contributed by atoms with Gasteiger partial charge in [-0.2, -0.15) is 5.26 Å². The summed E-state index contributed by atoms with van der Waals surface area (Å²) < 4.78 is 0. The predicted octanol–water partition coefficient (Wildman–Crippen LogP) is 1.48. The van der Waals surface area contributed by atoms with Crippen molar-refractivity contribution in [2.24, 2.45) is 5.92 Å². The number of pyridine rings is 1. The number of hydrogen-bond donors (Lipinski definition) is 2. The number of carbonyl (C=O) groups is 1. The smallest absolute Gasteiger partial charge is 0.308 e. The van der Waals surface area contributed by atoms with E-state index in [0.29, 0.717) is 18.7 Å². The van der Waals surface area contributed by atoms with Gasteiger partial charge in [-0.25, -0.2) is 4.98 Å². The second-order valence-electron chi connectivity index (χ2n) is 3.34. The minimum Gasteiger partial charge on any atom is -0.481 e. The lowest BCUT2D eigenvalue weighted by Gasteiger charge is -2.12. The first-order valence-electron chi connectivity index (χ1n) is 5.00. The van der Waals surface area contributed by atoms with Gasteiger partial charge in [0.1, 0.15) is 6.07 Å². The molecule has 2 N–H and O–H groups in total. The van der Waals surface area contributed by atoms with E-state index >= 15 is 0 Å². The summed E-state index contributed by atoms with van der Waals surface area (Å²) in [6, 6.07) is 5.35. The van der Waals surface area contributed by atoms with E-state index in [1.165, 1.54) is 6.20 Å². The van der Waals surface area contributed by atoms with E-state index in [-0.39, 0.29) is 5.69 Å². The Morgan fingerprint density at radius 3 is 3.06 bits per heavy atom. The highest BCUT2D eigenvalue weighted by atomic mass is 16.4. The molecule has 0 bridgehead atoms. The zero-order valence-corrected chi connectivity index (χ0v) is 8.97. The molecule has 0 aliphatic rings. The fraction of sp³-hybridized carbons (Fsp3) is 0.364. The third-order valence-corrected chi connectivity index (χ3v) is 2.29. The summed E-state index contributed by atoms with van der Waals surface area (Å²) in [4.78, 5) is 14.7. The highest BCUT2D eigenvalue weighted by Gasteiger charge is 2.15. The van der Waals surface area contributed by atoms with Crippen molar-refractivity contribution in [3.63, 3.8) is 0 Å². The quantitative estimate of drug-likeness (QED) is 0.783. The Hall–Kier alpha value is -2.09.